The van der Waals surface area contributed by atoms with Gasteiger partial charge in [-0.3, -0.25) is 14.5 Å². The maximum absolute atomic E-state index is 13.0. The normalized spacial score (nSPS) is 22.0. The van der Waals surface area contributed by atoms with Gasteiger partial charge < -0.3 is 15.1 Å². The van der Waals surface area contributed by atoms with Crippen molar-refractivity contribution in [1.82, 2.24) is 15.1 Å². The van der Waals surface area contributed by atoms with Crippen molar-refractivity contribution in [3.63, 3.8) is 0 Å². The first-order valence-electron chi connectivity index (χ1n) is 10.4. The van der Waals surface area contributed by atoms with Gasteiger partial charge in [0.25, 0.3) is 0 Å². The molecular weight excluding hydrogens is 352 g/mol. The third-order valence-electron chi connectivity index (χ3n) is 5.46. The van der Waals surface area contributed by atoms with Crippen molar-refractivity contribution in [1.29, 1.82) is 0 Å². The lowest BCUT2D eigenvalue weighted by Gasteiger charge is -2.39. The van der Waals surface area contributed by atoms with Crippen molar-refractivity contribution < 1.29 is 9.59 Å². The van der Waals surface area contributed by atoms with Gasteiger partial charge in [-0.05, 0) is 24.0 Å². The minimum Gasteiger partial charge on any atom is -0.370 e. The number of carbonyl (C=O) groups is 2. The van der Waals surface area contributed by atoms with E-state index in [4.69, 9.17) is 0 Å². The van der Waals surface area contributed by atoms with E-state index in [1.807, 2.05) is 11.0 Å². The molecule has 2 fully saturated rings. The molecule has 2 aliphatic heterocycles. The van der Waals surface area contributed by atoms with Gasteiger partial charge in [0.05, 0.1) is 12.5 Å². The number of rotatable bonds is 4. The fourth-order valence-electron chi connectivity index (χ4n) is 4.14. The molecule has 0 aromatic heterocycles. The van der Waals surface area contributed by atoms with E-state index in [9.17, 15) is 9.59 Å². The van der Waals surface area contributed by atoms with Gasteiger partial charge in [-0.1, -0.05) is 39.0 Å². The van der Waals surface area contributed by atoms with Crippen molar-refractivity contribution in [2.45, 2.75) is 39.7 Å². The fourth-order valence-corrected chi connectivity index (χ4v) is 4.14. The molecule has 1 aromatic carbocycles. The van der Waals surface area contributed by atoms with Gasteiger partial charge in [-0.2, -0.15) is 0 Å². The largest absolute Gasteiger partial charge is 0.370 e. The maximum atomic E-state index is 13.0. The molecule has 28 heavy (non-hydrogen) atoms. The number of hydrogen-bond acceptors (Lipinski definition) is 4. The van der Waals surface area contributed by atoms with Crippen molar-refractivity contribution in [2.75, 3.05) is 50.7 Å². The van der Waals surface area contributed by atoms with Crippen molar-refractivity contribution >= 4 is 17.5 Å². The second-order valence-electron chi connectivity index (χ2n) is 9.10. The predicted molar refractivity (Wildman–Crippen MR) is 112 cm³/mol. The Labute approximate surface area is 168 Å². The highest BCUT2D eigenvalue weighted by Crippen LogP contribution is 2.21. The van der Waals surface area contributed by atoms with Crippen LogP contribution in [0.1, 0.15) is 33.6 Å². The third kappa shape index (κ3) is 5.47. The first kappa shape index (κ1) is 20.6. The molecule has 2 amide bonds. The number of nitrogens with one attached hydrogen (secondary N) is 1. The second kappa shape index (κ2) is 8.95. The summed E-state index contributed by atoms with van der Waals surface area (Å²) in [6, 6.07) is 10.0. The SMILES string of the molecule is CC(C)(C)CN1CCNC(=O)C1CC(=O)N1CCCN(c2ccccc2)CC1. The zero-order valence-electron chi connectivity index (χ0n) is 17.5. The van der Waals surface area contributed by atoms with Gasteiger partial charge in [0.15, 0.2) is 0 Å². The first-order valence-corrected chi connectivity index (χ1v) is 10.4. The third-order valence-corrected chi connectivity index (χ3v) is 5.46. The summed E-state index contributed by atoms with van der Waals surface area (Å²) in [5, 5.41) is 2.94. The second-order valence-corrected chi connectivity index (χ2v) is 9.10. The Morgan fingerprint density at radius 3 is 2.54 bits per heavy atom. The van der Waals surface area contributed by atoms with Crippen LogP contribution in [0.5, 0.6) is 0 Å². The van der Waals surface area contributed by atoms with Crippen LogP contribution in [0.15, 0.2) is 30.3 Å². The van der Waals surface area contributed by atoms with E-state index in [2.05, 4.69) is 60.2 Å². The van der Waals surface area contributed by atoms with Gasteiger partial charge >= 0.3 is 0 Å². The average molecular weight is 387 g/mol. The number of amides is 2. The molecule has 2 aliphatic rings. The number of piperazine rings is 1. The Morgan fingerprint density at radius 2 is 1.82 bits per heavy atom. The van der Waals surface area contributed by atoms with E-state index in [0.717, 1.165) is 39.1 Å². The molecule has 2 saturated heterocycles. The summed E-state index contributed by atoms with van der Waals surface area (Å²) in [5.41, 5.74) is 1.30. The van der Waals surface area contributed by atoms with E-state index in [1.54, 1.807) is 0 Å². The lowest BCUT2D eigenvalue weighted by Crippen LogP contribution is -2.58. The zero-order valence-corrected chi connectivity index (χ0v) is 17.5. The summed E-state index contributed by atoms with van der Waals surface area (Å²) in [6.07, 6.45) is 1.22. The first-order chi connectivity index (χ1) is 13.3. The summed E-state index contributed by atoms with van der Waals surface area (Å²) >= 11 is 0. The molecule has 6 nitrogen and oxygen atoms in total. The molecule has 0 saturated carbocycles. The fraction of sp³-hybridized carbons (Fsp3) is 0.636. The molecule has 3 rings (SSSR count). The average Bonchev–Trinajstić information content (AvgIpc) is 2.90. The molecule has 154 valence electrons. The van der Waals surface area contributed by atoms with Crippen LogP contribution in [0.3, 0.4) is 0 Å². The number of hydrogen-bond donors (Lipinski definition) is 1. The maximum Gasteiger partial charge on any atom is 0.237 e. The van der Waals surface area contributed by atoms with Crippen LogP contribution in [0, 0.1) is 5.41 Å². The highest BCUT2D eigenvalue weighted by Gasteiger charge is 2.35. The monoisotopic (exact) mass is 386 g/mol. The molecular formula is C22H34N4O2. The van der Waals surface area contributed by atoms with Gasteiger partial charge in [-0.15, -0.1) is 0 Å². The zero-order chi connectivity index (χ0) is 20.1. The molecule has 0 bridgehead atoms. The molecule has 2 heterocycles. The van der Waals surface area contributed by atoms with Crippen molar-refractivity contribution in [3.05, 3.63) is 30.3 Å². The molecule has 1 atom stereocenters. The minimum atomic E-state index is -0.353. The molecule has 0 aliphatic carbocycles. The quantitative estimate of drug-likeness (QED) is 0.860. The minimum absolute atomic E-state index is 0.00964. The van der Waals surface area contributed by atoms with Crippen molar-refractivity contribution in [2.24, 2.45) is 5.41 Å². The van der Waals surface area contributed by atoms with Gasteiger partial charge in [-0.25, -0.2) is 0 Å². The Bertz CT molecular complexity index is 671. The number of anilines is 1. The predicted octanol–water partition coefficient (Wildman–Crippen LogP) is 1.96. The lowest BCUT2D eigenvalue weighted by atomic mass is 9.94. The van der Waals surface area contributed by atoms with Crippen LogP contribution >= 0.6 is 0 Å². The van der Waals surface area contributed by atoms with Gasteiger partial charge in [0.1, 0.15) is 0 Å². The van der Waals surface area contributed by atoms with E-state index in [0.29, 0.717) is 13.1 Å². The molecule has 1 N–H and O–H groups in total. The van der Waals surface area contributed by atoms with E-state index in [1.165, 1.54) is 5.69 Å². The number of para-hydroxylation sites is 1. The Hall–Kier alpha value is -2.08. The highest BCUT2D eigenvalue weighted by atomic mass is 16.2. The van der Waals surface area contributed by atoms with Crippen LogP contribution < -0.4 is 10.2 Å². The Morgan fingerprint density at radius 1 is 1.07 bits per heavy atom. The molecule has 1 unspecified atom stereocenters. The van der Waals surface area contributed by atoms with E-state index >= 15 is 0 Å². The van der Waals surface area contributed by atoms with Crippen LogP contribution in [0.25, 0.3) is 0 Å². The standard InChI is InChI=1S/C22H34N4O2/c1-22(2,3)17-26-13-10-23-21(28)19(26)16-20(27)25-12-7-11-24(14-15-25)18-8-5-4-6-9-18/h4-6,8-9,19H,7,10-17H2,1-3H3,(H,23,28). The lowest BCUT2D eigenvalue weighted by molar-refractivity contribution is -0.139. The highest BCUT2D eigenvalue weighted by molar-refractivity contribution is 5.89. The van der Waals surface area contributed by atoms with Crippen LogP contribution in [-0.2, 0) is 9.59 Å². The Balaban J connectivity index is 1.60. The summed E-state index contributed by atoms with van der Waals surface area (Å²) in [6.45, 7) is 12.1. The molecule has 0 radical (unpaired) electrons. The van der Waals surface area contributed by atoms with E-state index in [-0.39, 0.29) is 29.7 Å². The molecule has 6 heteroatoms. The van der Waals surface area contributed by atoms with E-state index < -0.39 is 0 Å². The summed E-state index contributed by atoms with van der Waals surface area (Å²) in [7, 11) is 0. The Kier molecular flexibility index (Phi) is 6.60. The van der Waals surface area contributed by atoms with Crippen LogP contribution in [0.2, 0.25) is 0 Å². The van der Waals surface area contributed by atoms with Crippen LogP contribution in [0.4, 0.5) is 5.69 Å². The topological polar surface area (TPSA) is 55.9 Å². The summed E-state index contributed by atoms with van der Waals surface area (Å²) in [4.78, 5) is 32.0. The summed E-state index contributed by atoms with van der Waals surface area (Å²) in [5.74, 6) is 0.0838. The number of carbonyl (C=O) groups excluding carboxylic acids is 2. The summed E-state index contributed by atoms with van der Waals surface area (Å²) < 4.78 is 0. The van der Waals surface area contributed by atoms with Gasteiger partial charge in [0, 0.05) is 51.5 Å². The van der Waals surface area contributed by atoms with Crippen LogP contribution in [-0.4, -0.2) is 73.5 Å². The van der Waals surface area contributed by atoms with Gasteiger partial charge in [0.2, 0.25) is 11.8 Å². The number of nitrogens with zero attached hydrogens (tertiary/aromatic N) is 3. The van der Waals surface area contributed by atoms with Crippen molar-refractivity contribution in [3.8, 4) is 0 Å². The smallest absolute Gasteiger partial charge is 0.237 e. The number of benzene rings is 1. The molecule has 1 aromatic rings. The molecule has 0 spiro atoms.